The molecule has 0 aliphatic carbocycles. The maximum absolute atomic E-state index is 12.0. The van der Waals surface area contributed by atoms with Gasteiger partial charge in [-0.1, -0.05) is 6.92 Å². The minimum atomic E-state index is -0.865. The predicted molar refractivity (Wildman–Crippen MR) is 79.6 cm³/mol. The molecule has 0 radical (unpaired) electrons. The van der Waals surface area contributed by atoms with Crippen LogP contribution >= 0.6 is 11.8 Å². The third kappa shape index (κ3) is 3.23. The fourth-order valence-electron chi connectivity index (χ4n) is 2.30. The van der Waals surface area contributed by atoms with Crippen molar-refractivity contribution >= 4 is 11.8 Å². The Bertz CT molecular complexity index is 599. The number of H-pyrrole nitrogens is 1. The molecule has 0 aromatic carbocycles. The summed E-state index contributed by atoms with van der Waals surface area (Å²) in [4.78, 5) is 25.6. The summed E-state index contributed by atoms with van der Waals surface area (Å²) in [7, 11) is 0. The second kappa shape index (κ2) is 6.78. The molecule has 7 nitrogen and oxygen atoms in total. The fourth-order valence-corrected chi connectivity index (χ4v) is 3.54. The van der Waals surface area contributed by atoms with E-state index in [1.165, 1.54) is 22.5 Å². The average Bonchev–Trinajstić information content (AvgIpc) is 2.77. The van der Waals surface area contributed by atoms with Crippen LogP contribution in [0.15, 0.2) is 15.8 Å². The van der Waals surface area contributed by atoms with Gasteiger partial charge in [0.15, 0.2) is 6.23 Å². The first-order valence-corrected chi connectivity index (χ1v) is 7.92. The Morgan fingerprint density at radius 3 is 2.81 bits per heavy atom. The standard InChI is InChI=1S/C13H20N2O5S/c1-3-4-21-10-9(17)8(6-16)20-12(10)15-5-7(2)11(18)14-13(15)19/h5,8-10,12,16-17H,3-4,6H2,1-2H3,(H,14,18,19)/t8-,9?,10?,12-/m1/s1. The zero-order valence-corrected chi connectivity index (χ0v) is 12.8. The fraction of sp³-hybridized carbons (Fsp3) is 0.692. The summed E-state index contributed by atoms with van der Waals surface area (Å²) < 4.78 is 6.90. The molecular formula is C13H20N2O5S. The first-order chi connectivity index (χ1) is 9.99. The molecule has 1 fully saturated rings. The van der Waals surface area contributed by atoms with Gasteiger partial charge in [0.1, 0.15) is 6.10 Å². The van der Waals surface area contributed by atoms with Crippen molar-refractivity contribution < 1.29 is 14.9 Å². The van der Waals surface area contributed by atoms with Crippen LogP contribution in [-0.4, -0.2) is 49.6 Å². The molecule has 2 rings (SSSR count). The van der Waals surface area contributed by atoms with E-state index in [4.69, 9.17) is 4.74 Å². The summed E-state index contributed by atoms with van der Waals surface area (Å²) >= 11 is 1.50. The van der Waals surface area contributed by atoms with Crippen LogP contribution in [0.4, 0.5) is 0 Å². The first-order valence-electron chi connectivity index (χ1n) is 6.87. The monoisotopic (exact) mass is 316 g/mol. The van der Waals surface area contributed by atoms with Gasteiger partial charge in [0.25, 0.3) is 5.56 Å². The van der Waals surface area contributed by atoms with Gasteiger partial charge in [-0.2, -0.15) is 11.8 Å². The lowest BCUT2D eigenvalue weighted by atomic mass is 10.2. The molecule has 2 unspecified atom stereocenters. The molecule has 0 amide bonds. The van der Waals surface area contributed by atoms with E-state index in [1.54, 1.807) is 6.92 Å². The van der Waals surface area contributed by atoms with Crippen molar-refractivity contribution in [2.45, 2.75) is 44.0 Å². The van der Waals surface area contributed by atoms with E-state index < -0.39 is 29.7 Å². The highest BCUT2D eigenvalue weighted by Crippen LogP contribution is 2.37. The van der Waals surface area contributed by atoms with Crippen LogP contribution in [0.1, 0.15) is 25.1 Å². The van der Waals surface area contributed by atoms with Crippen LogP contribution in [0, 0.1) is 6.92 Å². The maximum Gasteiger partial charge on any atom is 0.330 e. The molecule has 1 aliphatic rings. The number of hydrogen-bond acceptors (Lipinski definition) is 6. The van der Waals surface area contributed by atoms with Crippen LogP contribution in [0.25, 0.3) is 0 Å². The number of aliphatic hydroxyl groups is 2. The number of aromatic amines is 1. The Morgan fingerprint density at radius 2 is 2.19 bits per heavy atom. The van der Waals surface area contributed by atoms with Crippen molar-refractivity contribution in [3.8, 4) is 0 Å². The van der Waals surface area contributed by atoms with Crippen LogP contribution in [0.3, 0.4) is 0 Å². The van der Waals surface area contributed by atoms with Crippen LogP contribution in [0.5, 0.6) is 0 Å². The number of aryl methyl sites for hydroxylation is 1. The van der Waals surface area contributed by atoms with Gasteiger partial charge in [-0.15, -0.1) is 0 Å². The minimum Gasteiger partial charge on any atom is -0.394 e. The topological polar surface area (TPSA) is 105 Å². The molecule has 8 heteroatoms. The normalized spacial score (nSPS) is 29.0. The molecule has 0 saturated carbocycles. The number of rotatable bonds is 5. The van der Waals surface area contributed by atoms with E-state index in [1.807, 2.05) is 6.92 Å². The number of nitrogens with zero attached hydrogens (tertiary/aromatic N) is 1. The Balaban J connectivity index is 2.37. The summed E-state index contributed by atoms with van der Waals surface area (Å²) in [6.45, 7) is 3.29. The molecule has 1 aliphatic heterocycles. The van der Waals surface area contributed by atoms with Gasteiger partial charge in [0.2, 0.25) is 0 Å². The van der Waals surface area contributed by atoms with Crippen molar-refractivity contribution in [2.24, 2.45) is 0 Å². The summed E-state index contributed by atoms with van der Waals surface area (Å²) in [5.74, 6) is 0.802. The molecule has 21 heavy (non-hydrogen) atoms. The molecule has 2 heterocycles. The van der Waals surface area contributed by atoms with Crippen molar-refractivity contribution in [2.75, 3.05) is 12.4 Å². The van der Waals surface area contributed by atoms with E-state index in [2.05, 4.69) is 4.98 Å². The van der Waals surface area contributed by atoms with E-state index >= 15 is 0 Å². The number of hydrogen-bond donors (Lipinski definition) is 3. The van der Waals surface area contributed by atoms with Gasteiger partial charge in [-0.05, 0) is 19.1 Å². The second-order valence-electron chi connectivity index (χ2n) is 5.05. The van der Waals surface area contributed by atoms with Crippen molar-refractivity contribution in [1.82, 2.24) is 9.55 Å². The molecule has 118 valence electrons. The largest absolute Gasteiger partial charge is 0.394 e. The third-order valence-corrected chi connectivity index (χ3v) is 4.97. The minimum absolute atomic E-state index is 0.321. The first kappa shape index (κ1) is 16.3. The zero-order chi connectivity index (χ0) is 15.6. The van der Waals surface area contributed by atoms with Gasteiger partial charge in [0.05, 0.1) is 18.0 Å². The molecule has 4 atom stereocenters. The molecule has 0 spiro atoms. The Hall–Kier alpha value is -1.09. The van der Waals surface area contributed by atoms with Crippen molar-refractivity contribution in [3.63, 3.8) is 0 Å². The molecule has 1 saturated heterocycles. The van der Waals surface area contributed by atoms with Gasteiger partial charge < -0.3 is 14.9 Å². The highest BCUT2D eigenvalue weighted by Gasteiger charge is 2.44. The molecule has 1 aromatic heterocycles. The Kier molecular flexibility index (Phi) is 5.26. The quantitative estimate of drug-likeness (QED) is 0.683. The van der Waals surface area contributed by atoms with E-state index in [-0.39, 0.29) is 11.9 Å². The lowest BCUT2D eigenvalue weighted by Crippen LogP contribution is -2.37. The highest BCUT2D eigenvalue weighted by atomic mass is 32.2. The number of nitrogens with one attached hydrogen (secondary N) is 1. The van der Waals surface area contributed by atoms with Gasteiger partial charge in [0, 0.05) is 11.8 Å². The number of ether oxygens (including phenoxy) is 1. The molecule has 1 aromatic rings. The summed E-state index contributed by atoms with van der Waals surface area (Å²) in [5.41, 5.74) is -0.630. The zero-order valence-electron chi connectivity index (χ0n) is 12.0. The highest BCUT2D eigenvalue weighted by molar-refractivity contribution is 8.00. The number of aliphatic hydroxyl groups excluding tert-OH is 2. The number of thioether (sulfide) groups is 1. The predicted octanol–water partition coefficient (Wildman–Crippen LogP) is -0.393. The smallest absolute Gasteiger partial charge is 0.330 e. The van der Waals surface area contributed by atoms with E-state index in [9.17, 15) is 19.8 Å². The van der Waals surface area contributed by atoms with E-state index in [0.717, 1.165) is 12.2 Å². The van der Waals surface area contributed by atoms with Crippen LogP contribution in [0.2, 0.25) is 0 Å². The SMILES string of the molecule is CCCSC1C(O)[C@@H](CO)O[C@H]1n1cc(C)c(=O)[nH]c1=O. The lowest BCUT2D eigenvalue weighted by Gasteiger charge is -2.21. The Morgan fingerprint density at radius 1 is 1.48 bits per heavy atom. The molecule has 0 bridgehead atoms. The van der Waals surface area contributed by atoms with Crippen LogP contribution in [-0.2, 0) is 4.74 Å². The van der Waals surface area contributed by atoms with Gasteiger partial charge in [-0.3, -0.25) is 14.3 Å². The van der Waals surface area contributed by atoms with Crippen LogP contribution < -0.4 is 11.2 Å². The average molecular weight is 316 g/mol. The van der Waals surface area contributed by atoms with Gasteiger partial charge in [-0.25, -0.2) is 4.79 Å². The molecular weight excluding hydrogens is 296 g/mol. The second-order valence-corrected chi connectivity index (χ2v) is 6.34. The van der Waals surface area contributed by atoms with Gasteiger partial charge >= 0.3 is 5.69 Å². The van der Waals surface area contributed by atoms with Crippen molar-refractivity contribution in [3.05, 3.63) is 32.6 Å². The maximum atomic E-state index is 12.0. The van der Waals surface area contributed by atoms with E-state index in [0.29, 0.717) is 5.56 Å². The summed E-state index contributed by atoms with van der Waals surface area (Å²) in [6.07, 6.45) is 0.0396. The summed E-state index contributed by atoms with van der Waals surface area (Å²) in [6, 6.07) is 0. The number of aromatic nitrogens is 2. The molecule has 3 N–H and O–H groups in total. The summed E-state index contributed by atoms with van der Waals surface area (Å²) in [5, 5.41) is 19.1. The third-order valence-electron chi connectivity index (χ3n) is 3.43. The Labute approximate surface area is 126 Å². The lowest BCUT2D eigenvalue weighted by molar-refractivity contribution is -0.0457. The van der Waals surface area contributed by atoms with Crippen molar-refractivity contribution in [1.29, 1.82) is 0 Å².